The maximum Gasteiger partial charge on any atom is 0.320 e. The Hall–Kier alpha value is -1.32. The van der Waals surface area contributed by atoms with Gasteiger partial charge in [0, 0.05) is 5.92 Å². The molecule has 0 saturated heterocycles. The number of carbonyl (C=O) groups excluding carboxylic acids is 2. The number of methoxy groups -OCH3 is 2. The van der Waals surface area contributed by atoms with Crippen LogP contribution >= 0.6 is 0 Å². The molecule has 19 heavy (non-hydrogen) atoms. The number of ether oxygens (including phenoxy) is 2. The fourth-order valence-corrected chi connectivity index (χ4v) is 2.58. The van der Waals surface area contributed by atoms with Gasteiger partial charge < -0.3 is 9.47 Å². The van der Waals surface area contributed by atoms with Crippen LogP contribution in [0.15, 0.2) is 11.6 Å². The third kappa shape index (κ3) is 3.58. The van der Waals surface area contributed by atoms with Gasteiger partial charge in [-0.3, -0.25) is 9.59 Å². The molecule has 0 heterocycles. The zero-order chi connectivity index (χ0) is 15.4. The Labute approximate surface area is 116 Å². The molecule has 0 unspecified atom stereocenters. The molecule has 0 bridgehead atoms. The van der Waals surface area contributed by atoms with Gasteiger partial charge in [-0.25, -0.2) is 0 Å². The van der Waals surface area contributed by atoms with E-state index in [4.69, 9.17) is 10.8 Å². The predicted octanol–water partition coefficient (Wildman–Crippen LogP) is 2.58. The summed E-state index contributed by atoms with van der Waals surface area (Å²) in [5.74, 6) is -1.73. The topological polar surface area (TPSA) is 52.6 Å². The van der Waals surface area contributed by atoms with Crippen molar-refractivity contribution in [3.05, 3.63) is 11.6 Å². The Bertz CT molecular complexity index is 398. The highest BCUT2D eigenvalue weighted by molar-refractivity contribution is 5.95. The van der Waals surface area contributed by atoms with Crippen LogP contribution in [0.3, 0.4) is 0 Å². The molecular weight excluding hydrogens is 244 g/mol. The van der Waals surface area contributed by atoms with Crippen molar-refractivity contribution in [2.45, 2.75) is 33.6 Å². The van der Waals surface area contributed by atoms with E-state index in [-0.39, 0.29) is 5.92 Å². The van der Waals surface area contributed by atoms with Crippen LogP contribution in [0, 0.1) is 23.7 Å². The van der Waals surface area contributed by atoms with E-state index in [0.717, 1.165) is 5.57 Å². The molecule has 0 amide bonds. The largest absolute Gasteiger partial charge is 0.468 e. The molecule has 108 valence electrons. The lowest BCUT2D eigenvalue weighted by molar-refractivity contribution is -0.161. The first-order valence-electron chi connectivity index (χ1n) is 7.15. The molecular formula is C15H24O4. The van der Waals surface area contributed by atoms with Crippen molar-refractivity contribution in [1.29, 1.82) is 0 Å². The fraction of sp³-hybridized carbons (Fsp3) is 0.733. The van der Waals surface area contributed by atoms with Crippen molar-refractivity contribution in [1.82, 2.24) is 0 Å². The summed E-state index contributed by atoms with van der Waals surface area (Å²) < 4.78 is 17.6. The lowest BCUT2D eigenvalue weighted by Crippen LogP contribution is -2.36. The van der Waals surface area contributed by atoms with Crippen molar-refractivity contribution >= 4 is 11.9 Å². The quantitative estimate of drug-likeness (QED) is 0.447. The van der Waals surface area contributed by atoms with Gasteiger partial charge in [-0.05, 0) is 31.6 Å². The van der Waals surface area contributed by atoms with E-state index < -0.39 is 17.9 Å². The molecule has 0 aromatic rings. The number of esters is 2. The molecule has 1 aliphatic carbocycles. The normalized spacial score (nSPS) is 24.5. The van der Waals surface area contributed by atoms with Gasteiger partial charge in [-0.1, -0.05) is 25.5 Å². The van der Waals surface area contributed by atoms with Gasteiger partial charge in [0.25, 0.3) is 0 Å². The van der Waals surface area contributed by atoms with Gasteiger partial charge in [0.1, 0.15) is 0 Å². The Morgan fingerprint density at radius 3 is 2.26 bits per heavy atom. The molecule has 2 atom stereocenters. The molecule has 0 saturated carbocycles. The van der Waals surface area contributed by atoms with E-state index in [1.54, 1.807) is 0 Å². The molecule has 0 fully saturated rings. The lowest BCUT2D eigenvalue weighted by atomic mass is 9.71. The zero-order valence-electron chi connectivity index (χ0n) is 13.4. The third-order valence-electron chi connectivity index (χ3n) is 4.01. The molecule has 0 spiro atoms. The van der Waals surface area contributed by atoms with E-state index in [2.05, 4.69) is 13.8 Å². The Balaban J connectivity index is 3.13. The summed E-state index contributed by atoms with van der Waals surface area (Å²) in [6, 6.07) is 0.526. The summed E-state index contributed by atoms with van der Waals surface area (Å²) in [5.41, 5.74) is 0.794. The first-order chi connectivity index (χ1) is 9.33. The smallest absolute Gasteiger partial charge is 0.320 e. The Morgan fingerprint density at radius 2 is 1.84 bits per heavy atom. The summed E-state index contributed by atoms with van der Waals surface area (Å²) in [4.78, 5) is 23.9. The molecule has 0 aromatic heterocycles. The Morgan fingerprint density at radius 1 is 1.32 bits per heavy atom. The highest BCUT2D eigenvalue weighted by Crippen LogP contribution is 2.38. The van der Waals surface area contributed by atoms with Crippen LogP contribution in [0.1, 0.15) is 35.0 Å². The van der Waals surface area contributed by atoms with Gasteiger partial charge in [0.15, 0.2) is 5.92 Å². The summed E-state index contributed by atoms with van der Waals surface area (Å²) in [6.07, 6.45) is 1.41. The van der Waals surface area contributed by atoms with E-state index in [9.17, 15) is 9.59 Å². The van der Waals surface area contributed by atoms with Gasteiger partial charge in [-0.2, -0.15) is 0 Å². The second-order valence-electron chi connectivity index (χ2n) is 5.43. The van der Waals surface area contributed by atoms with Crippen LogP contribution in [-0.2, 0) is 19.1 Å². The molecule has 1 aliphatic rings. The SMILES string of the molecule is [2H]C1=C(C)[C@@H](C(C(=O)OC)C(=O)OC)C[C@@H](C(C)C)C1. The van der Waals surface area contributed by atoms with Crippen molar-refractivity contribution in [3.8, 4) is 0 Å². The van der Waals surface area contributed by atoms with E-state index in [1.807, 2.05) is 6.92 Å². The minimum Gasteiger partial charge on any atom is -0.468 e. The van der Waals surface area contributed by atoms with Crippen molar-refractivity contribution in [2.75, 3.05) is 14.2 Å². The lowest BCUT2D eigenvalue weighted by Gasteiger charge is -2.33. The second-order valence-corrected chi connectivity index (χ2v) is 5.43. The first kappa shape index (κ1) is 14.1. The average molecular weight is 269 g/mol. The molecule has 0 N–H and O–H groups in total. The van der Waals surface area contributed by atoms with Gasteiger partial charge in [0.2, 0.25) is 0 Å². The third-order valence-corrected chi connectivity index (χ3v) is 4.01. The van der Waals surface area contributed by atoms with Crippen molar-refractivity contribution in [3.63, 3.8) is 0 Å². The maximum absolute atomic E-state index is 11.9. The van der Waals surface area contributed by atoms with Crippen LogP contribution in [0.4, 0.5) is 0 Å². The summed E-state index contributed by atoms with van der Waals surface area (Å²) in [7, 11) is 2.53. The summed E-state index contributed by atoms with van der Waals surface area (Å²) >= 11 is 0. The molecule has 4 heteroatoms. The van der Waals surface area contributed by atoms with Gasteiger partial charge >= 0.3 is 11.9 Å². The first-order valence-corrected chi connectivity index (χ1v) is 6.65. The minimum atomic E-state index is -0.966. The van der Waals surface area contributed by atoms with Gasteiger partial charge in [-0.15, -0.1) is 0 Å². The van der Waals surface area contributed by atoms with Crippen LogP contribution in [0.5, 0.6) is 0 Å². The van der Waals surface area contributed by atoms with E-state index >= 15 is 0 Å². The van der Waals surface area contributed by atoms with Crippen molar-refractivity contribution in [2.24, 2.45) is 23.7 Å². The number of carbonyl (C=O) groups is 2. The van der Waals surface area contributed by atoms with Crippen LogP contribution in [0.2, 0.25) is 0 Å². The average Bonchev–Trinajstić information content (AvgIpc) is 2.42. The molecule has 0 aromatic carbocycles. The highest BCUT2D eigenvalue weighted by atomic mass is 16.5. The standard InChI is InChI=1S/C15H24O4/c1-9(2)11-7-6-10(3)12(8-11)13(14(16)18-4)15(17)19-5/h6,9,11-13H,7-8H2,1-5H3/t11-,12-/m0/s1/i6D. The number of hydrogen-bond acceptors (Lipinski definition) is 4. The fourth-order valence-electron chi connectivity index (χ4n) is 2.58. The summed E-state index contributed by atoms with van der Waals surface area (Å²) in [6.45, 7) is 6.02. The molecule has 4 nitrogen and oxygen atoms in total. The molecule has 0 aliphatic heterocycles. The van der Waals surface area contributed by atoms with E-state index in [0.29, 0.717) is 30.7 Å². The maximum atomic E-state index is 11.9. The Kier molecular flexibility index (Phi) is 5.00. The monoisotopic (exact) mass is 269 g/mol. The number of hydrogen-bond donors (Lipinski definition) is 0. The highest BCUT2D eigenvalue weighted by Gasteiger charge is 2.40. The number of allylic oxidation sites excluding steroid dienone is 2. The second kappa shape index (κ2) is 6.73. The van der Waals surface area contributed by atoms with Gasteiger partial charge in [0.05, 0.1) is 15.6 Å². The van der Waals surface area contributed by atoms with Crippen LogP contribution < -0.4 is 0 Å². The minimum absolute atomic E-state index is 0.299. The van der Waals surface area contributed by atoms with Crippen LogP contribution in [-0.4, -0.2) is 26.2 Å². The van der Waals surface area contributed by atoms with Crippen LogP contribution in [0.25, 0.3) is 0 Å². The summed E-state index contributed by atoms with van der Waals surface area (Å²) in [5, 5.41) is 0. The number of rotatable bonds is 4. The van der Waals surface area contributed by atoms with E-state index in [1.165, 1.54) is 14.2 Å². The molecule has 0 radical (unpaired) electrons. The molecule has 1 rings (SSSR count). The van der Waals surface area contributed by atoms with Crippen molar-refractivity contribution < 1.29 is 20.4 Å². The predicted molar refractivity (Wildman–Crippen MR) is 72.3 cm³/mol. The zero-order valence-corrected chi connectivity index (χ0v) is 12.4.